The number of hydrogen-bond acceptors (Lipinski definition) is 6. The van der Waals surface area contributed by atoms with E-state index in [2.05, 4.69) is 15.2 Å². The summed E-state index contributed by atoms with van der Waals surface area (Å²) >= 11 is 13.8. The first-order valence-corrected chi connectivity index (χ1v) is 14.2. The minimum Gasteiger partial charge on any atom is -0.302 e. The van der Waals surface area contributed by atoms with Crippen molar-refractivity contribution >= 4 is 55.4 Å². The van der Waals surface area contributed by atoms with Gasteiger partial charge in [0.2, 0.25) is 5.91 Å². The Morgan fingerprint density at radius 3 is 2.65 bits per heavy atom. The molecule has 0 saturated heterocycles. The van der Waals surface area contributed by atoms with E-state index in [4.69, 9.17) is 23.2 Å². The van der Waals surface area contributed by atoms with Crippen LogP contribution in [0.4, 0.5) is 5.13 Å². The molecule has 2 aromatic carbocycles. The molecule has 4 rings (SSSR count). The van der Waals surface area contributed by atoms with Crippen LogP contribution in [0.1, 0.15) is 28.6 Å². The molecule has 1 aliphatic heterocycles. The Hall–Kier alpha value is -1.97. The number of hydrogen-bond donors (Lipinski definition) is 1. The van der Waals surface area contributed by atoms with Gasteiger partial charge in [-0.1, -0.05) is 48.3 Å². The first kappa shape index (κ1) is 25.1. The Balaban J connectivity index is 1.32. The van der Waals surface area contributed by atoms with Gasteiger partial charge in [0.1, 0.15) is 0 Å². The molecule has 6 nitrogen and oxygen atoms in total. The summed E-state index contributed by atoms with van der Waals surface area (Å²) in [5.41, 5.74) is 2.87. The normalized spacial score (nSPS) is 14.1. The molecule has 1 aliphatic rings. The van der Waals surface area contributed by atoms with Crippen LogP contribution in [0.25, 0.3) is 0 Å². The highest BCUT2D eigenvalue weighted by atomic mass is 35.5. The van der Waals surface area contributed by atoms with Crippen molar-refractivity contribution in [3.05, 3.63) is 74.2 Å². The Kier molecular flexibility index (Phi) is 7.94. The quantitative estimate of drug-likeness (QED) is 0.436. The molecule has 0 saturated carbocycles. The Bertz CT molecular complexity index is 1290. The maximum Gasteiger partial charge on any atom is 0.230 e. The molecule has 34 heavy (non-hydrogen) atoms. The van der Waals surface area contributed by atoms with Gasteiger partial charge in [-0.05, 0) is 41.8 Å². The number of thiazole rings is 1. The van der Waals surface area contributed by atoms with E-state index in [1.807, 2.05) is 12.1 Å². The minimum atomic E-state index is -3.25. The van der Waals surface area contributed by atoms with Gasteiger partial charge in [-0.15, -0.1) is 11.3 Å². The average molecular weight is 539 g/mol. The molecule has 2 heterocycles. The second-order valence-electron chi connectivity index (χ2n) is 8.17. The summed E-state index contributed by atoms with van der Waals surface area (Å²) in [4.78, 5) is 20.9. The number of anilines is 1. The van der Waals surface area contributed by atoms with Gasteiger partial charge in [0.15, 0.2) is 15.0 Å². The number of nitrogens with zero attached hydrogens (tertiary/aromatic N) is 2. The number of amides is 1. The summed E-state index contributed by atoms with van der Waals surface area (Å²) in [5.74, 6) is -0.125. The first-order chi connectivity index (χ1) is 16.2. The number of sulfone groups is 1. The van der Waals surface area contributed by atoms with Crippen molar-refractivity contribution < 1.29 is 13.2 Å². The van der Waals surface area contributed by atoms with E-state index in [-0.39, 0.29) is 23.0 Å². The van der Waals surface area contributed by atoms with Crippen molar-refractivity contribution in [3.8, 4) is 0 Å². The molecule has 0 aliphatic carbocycles. The molecule has 1 aromatic heterocycles. The number of carbonyl (C=O) groups excluding carboxylic acids is 1. The minimum absolute atomic E-state index is 0.0495. The molecule has 3 aromatic rings. The number of benzene rings is 2. The Morgan fingerprint density at radius 2 is 1.94 bits per heavy atom. The third kappa shape index (κ3) is 6.17. The lowest BCUT2D eigenvalue weighted by molar-refractivity contribution is -0.115. The van der Waals surface area contributed by atoms with Gasteiger partial charge >= 0.3 is 0 Å². The summed E-state index contributed by atoms with van der Waals surface area (Å²) in [6, 6.07) is 12.1. The summed E-state index contributed by atoms with van der Waals surface area (Å²) in [6.45, 7) is 4.19. The SMILES string of the molecule is CCS(=O)(=O)c1ccc(CC(=O)Nc2nc3c(s2)CN(CCc2ccc(Cl)cc2Cl)CC3)cc1. The number of halogens is 2. The zero-order valence-corrected chi connectivity index (χ0v) is 21.8. The molecule has 0 atom stereocenters. The fourth-order valence-electron chi connectivity index (χ4n) is 3.83. The van der Waals surface area contributed by atoms with Crippen LogP contribution in [-0.4, -0.2) is 43.1 Å². The summed E-state index contributed by atoms with van der Waals surface area (Å²) < 4.78 is 23.9. The lowest BCUT2D eigenvalue weighted by Crippen LogP contribution is -2.31. The van der Waals surface area contributed by atoms with Crippen molar-refractivity contribution in [1.29, 1.82) is 0 Å². The molecule has 1 N–H and O–H groups in total. The fraction of sp³-hybridized carbons (Fsp3) is 0.333. The lowest BCUT2D eigenvalue weighted by atomic mass is 10.1. The van der Waals surface area contributed by atoms with Gasteiger partial charge in [-0.3, -0.25) is 9.69 Å². The van der Waals surface area contributed by atoms with E-state index >= 15 is 0 Å². The van der Waals surface area contributed by atoms with Crippen LogP contribution in [0.15, 0.2) is 47.4 Å². The molecular formula is C24H25Cl2N3O3S2. The molecule has 180 valence electrons. The maximum absolute atomic E-state index is 12.5. The van der Waals surface area contributed by atoms with Crippen molar-refractivity contribution in [2.75, 3.05) is 24.2 Å². The van der Waals surface area contributed by atoms with Crippen LogP contribution in [0.5, 0.6) is 0 Å². The van der Waals surface area contributed by atoms with Crippen LogP contribution in [0, 0.1) is 0 Å². The summed E-state index contributed by atoms with van der Waals surface area (Å²) in [6.07, 6.45) is 1.83. The van der Waals surface area contributed by atoms with Crippen LogP contribution >= 0.6 is 34.5 Å². The van der Waals surface area contributed by atoms with Gasteiger partial charge in [-0.25, -0.2) is 13.4 Å². The summed E-state index contributed by atoms with van der Waals surface area (Å²) in [7, 11) is -3.25. The molecule has 0 spiro atoms. The molecule has 0 radical (unpaired) electrons. The van der Waals surface area contributed by atoms with Crippen molar-refractivity contribution in [1.82, 2.24) is 9.88 Å². The van der Waals surface area contributed by atoms with E-state index in [9.17, 15) is 13.2 Å². The zero-order valence-electron chi connectivity index (χ0n) is 18.7. The molecule has 0 bridgehead atoms. The predicted octanol–water partition coefficient (Wildman–Crippen LogP) is 5.03. The third-order valence-electron chi connectivity index (χ3n) is 5.80. The molecule has 10 heteroatoms. The van der Waals surface area contributed by atoms with Gasteiger partial charge in [-0.2, -0.15) is 0 Å². The van der Waals surface area contributed by atoms with Crippen LogP contribution in [0.2, 0.25) is 10.0 Å². The monoisotopic (exact) mass is 537 g/mol. The number of nitrogens with one attached hydrogen (secondary N) is 1. The fourth-order valence-corrected chi connectivity index (χ4v) is 6.28. The van der Waals surface area contributed by atoms with E-state index in [0.717, 1.165) is 54.2 Å². The number of rotatable bonds is 8. The van der Waals surface area contributed by atoms with E-state index < -0.39 is 9.84 Å². The van der Waals surface area contributed by atoms with Crippen LogP contribution in [-0.2, 0) is 40.4 Å². The highest BCUT2D eigenvalue weighted by Gasteiger charge is 2.21. The Morgan fingerprint density at radius 1 is 1.18 bits per heavy atom. The average Bonchev–Trinajstić information content (AvgIpc) is 3.20. The smallest absolute Gasteiger partial charge is 0.230 e. The van der Waals surface area contributed by atoms with Gasteiger partial charge in [0.25, 0.3) is 0 Å². The van der Waals surface area contributed by atoms with Gasteiger partial charge in [0, 0.05) is 41.0 Å². The van der Waals surface area contributed by atoms with E-state index in [1.54, 1.807) is 37.3 Å². The maximum atomic E-state index is 12.5. The largest absolute Gasteiger partial charge is 0.302 e. The lowest BCUT2D eigenvalue weighted by Gasteiger charge is -2.25. The van der Waals surface area contributed by atoms with Crippen LogP contribution in [0.3, 0.4) is 0 Å². The highest BCUT2D eigenvalue weighted by Crippen LogP contribution is 2.29. The third-order valence-corrected chi connectivity index (χ3v) is 9.13. The zero-order chi connectivity index (χ0) is 24.3. The van der Waals surface area contributed by atoms with E-state index in [0.29, 0.717) is 15.2 Å². The van der Waals surface area contributed by atoms with E-state index in [1.165, 1.54) is 11.3 Å². The molecule has 1 amide bonds. The topological polar surface area (TPSA) is 79.4 Å². The Labute approximate surface area is 213 Å². The van der Waals surface area contributed by atoms with Gasteiger partial charge in [0.05, 0.1) is 22.8 Å². The van der Waals surface area contributed by atoms with Gasteiger partial charge < -0.3 is 5.32 Å². The molecule has 0 fully saturated rings. The predicted molar refractivity (Wildman–Crippen MR) is 138 cm³/mol. The molecule has 0 unspecified atom stereocenters. The highest BCUT2D eigenvalue weighted by molar-refractivity contribution is 7.91. The second-order valence-corrected chi connectivity index (χ2v) is 12.4. The standard InChI is InChI=1S/C24H25Cl2N3O3S2/c1-2-34(31,32)19-7-3-16(4-8-19)13-23(30)28-24-27-21-10-12-29(15-22(21)33-24)11-9-17-5-6-18(25)14-20(17)26/h3-8,14H,2,9-13,15H2,1H3,(H,27,28,30). The van der Waals surface area contributed by atoms with Crippen molar-refractivity contribution in [2.45, 2.75) is 37.6 Å². The first-order valence-electron chi connectivity index (χ1n) is 11.0. The summed E-state index contributed by atoms with van der Waals surface area (Å²) in [5, 5.41) is 4.82. The van der Waals surface area contributed by atoms with Crippen molar-refractivity contribution in [3.63, 3.8) is 0 Å². The second kappa shape index (κ2) is 10.7. The number of carbonyl (C=O) groups is 1. The van der Waals surface area contributed by atoms with Crippen LogP contribution < -0.4 is 5.32 Å². The van der Waals surface area contributed by atoms with Crippen molar-refractivity contribution in [2.24, 2.45) is 0 Å². The number of aromatic nitrogens is 1. The molecular weight excluding hydrogens is 513 g/mol. The number of fused-ring (bicyclic) bond motifs is 1.